The van der Waals surface area contributed by atoms with Crippen molar-refractivity contribution < 1.29 is 0 Å². The predicted molar refractivity (Wildman–Crippen MR) is 73.7 cm³/mol. The summed E-state index contributed by atoms with van der Waals surface area (Å²) in [4.78, 5) is 4.95. The highest BCUT2D eigenvalue weighted by Gasteiger charge is 2.04. The molecule has 0 radical (unpaired) electrons. The van der Waals surface area contributed by atoms with E-state index in [0.717, 1.165) is 0 Å². The molecule has 2 heterocycles. The van der Waals surface area contributed by atoms with Gasteiger partial charge < -0.3 is 9.80 Å². The standard InChI is InChI=1S/C15H26N2/c1-4-10-16(11-5-1)14-8-3-9-15-17-12-6-2-7-13-17/h4,6,10,12H,1-3,5,7-9,11,13-15H2. The van der Waals surface area contributed by atoms with Gasteiger partial charge in [-0.3, -0.25) is 0 Å². The Morgan fingerprint density at radius 2 is 1.24 bits per heavy atom. The van der Waals surface area contributed by atoms with Crippen molar-refractivity contribution in [2.75, 3.05) is 26.2 Å². The average molecular weight is 234 g/mol. The smallest absolute Gasteiger partial charge is 0.0175 e. The molecule has 0 N–H and O–H groups in total. The second kappa shape index (κ2) is 7.41. The molecule has 0 aromatic heterocycles. The lowest BCUT2D eigenvalue weighted by Gasteiger charge is -2.24. The zero-order valence-electron chi connectivity index (χ0n) is 11.0. The minimum atomic E-state index is 1.26. The van der Waals surface area contributed by atoms with Crippen LogP contribution in [0, 0.1) is 0 Å². The Bertz CT molecular complexity index is 232. The molecule has 2 nitrogen and oxygen atoms in total. The van der Waals surface area contributed by atoms with Gasteiger partial charge in [-0.15, -0.1) is 0 Å². The minimum absolute atomic E-state index is 1.26. The summed E-state index contributed by atoms with van der Waals surface area (Å²) in [7, 11) is 0. The Morgan fingerprint density at radius 1 is 0.706 bits per heavy atom. The number of rotatable bonds is 6. The molecular formula is C15H26N2. The first-order valence-corrected chi connectivity index (χ1v) is 7.26. The number of hydrogen-bond donors (Lipinski definition) is 0. The van der Waals surface area contributed by atoms with Gasteiger partial charge >= 0.3 is 0 Å². The summed E-state index contributed by atoms with van der Waals surface area (Å²) in [6, 6.07) is 0. The van der Waals surface area contributed by atoms with Crippen molar-refractivity contribution in [1.82, 2.24) is 9.80 Å². The third-order valence-electron chi connectivity index (χ3n) is 3.66. The Kier molecular flexibility index (Phi) is 5.47. The van der Waals surface area contributed by atoms with Crippen molar-refractivity contribution in [3.63, 3.8) is 0 Å². The van der Waals surface area contributed by atoms with E-state index in [-0.39, 0.29) is 0 Å². The lowest BCUT2D eigenvalue weighted by Crippen LogP contribution is -2.23. The van der Waals surface area contributed by atoms with Crippen LogP contribution >= 0.6 is 0 Å². The van der Waals surface area contributed by atoms with E-state index in [1.807, 2.05) is 0 Å². The van der Waals surface area contributed by atoms with Gasteiger partial charge in [0.25, 0.3) is 0 Å². The normalized spacial score (nSPS) is 20.0. The molecule has 17 heavy (non-hydrogen) atoms. The van der Waals surface area contributed by atoms with Crippen LogP contribution in [0.1, 0.15) is 44.9 Å². The summed E-state index contributed by atoms with van der Waals surface area (Å²) >= 11 is 0. The first-order valence-electron chi connectivity index (χ1n) is 7.26. The van der Waals surface area contributed by atoms with E-state index in [2.05, 4.69) is 34.4 Å². The van der Waals surface area contributed by atoms with Crippen LogP contribution in [-0.4, -0.2) is 36.0 Å². The Balaban J connectivity index is 1.48. The van der Waals surface area contributed by atoms with E-state index in [9.17, 15) is 0 Å². The van der Waals surface area contributed by atoms with E-state index in [1.165, 1.54) is 71.1 Å². The van der Waals surface area contributed by atoms with Gasteiger partial charge in [0, 0.05) is 26.2 Å². The summed E-state index contributed by atoms with van der Waals surface area (Å²) in [5.74, 6) is 0. The SMILES string of the molecule is C1=CN(CCCCCN2C=CCCC2)CCC1. The Hall–Kier alpha value is -0.920. The number of nitrogens with zero attached hydrogens (tertiary/aromatic N) is 2. The molecule has 0 saturated carbocycles. The predicted octanol–water partition coefficient (Wildman–Crippen LogP) is 3.38. The van der Waals surface area contributed by atoms with Crippen molar-refractivity contribution in [3.05, 3.63) is 24.6 Å². The summed E-state index contributed by atoms with van der Waals surface area (Å²) in [6.07, 6.45) is 18.5. The van der Waals surface area contributed by atoms with E-state index in [0.29, 0.717) is 0 Å². The van der Waals surface area contributed by atoms with Gasteiger partial charge in [-0.2, -0.15) is 0 Å². The van der Waals surface area contributed by atoms with Crippen LogP contribution in [0.5, 0.6) is 0 Å². The quantitative estimate of drug-likeness (QED) is 0.650. The van der Waals surface area contributed by atoms with Crippen LogP contribution in [0.3, 0.4) is 0 Å². The molecular weight excluding hydrogens is 208 g/mol. The third kappa shape index (κ3) is 4.84. The highest BCUT2D eigenvalue weighted by atomic mass is 15.1. The van der Waals surface area contributed by atoms with Gasteiger partial charge in [0.15, 0.2) is 0 Å². The summed E-state index contributed by atoms with van der Waals surface area (Å²) in [5, 5.41) is 0. The summed E-state index contributed by atoms with van der Waals surface area (Å²) in [5.41, 5.74) is 0. The number of unbranched alkanes of at least 4 members (excludes halogenated alkanes) is 2. The first-order chi connectivity index (χ1) is 8.45. The van der Waals surface area contributed by atoms with E-state index in [4.69, 9.17) is 0 Å². The maximum atomic E-state index is 2.48. The highest BCUT2D eigenvalue weighted by Crippen LogP contribution is 2.10. The largest absolute Gasteiger partial charge is 0.378 e. The zero-order chi connectivity index (χ0) is 11.8. The Labute approximate surface area is 106 Å². The third-order valence-corrected chi connectivity index (χ3v) is 3.66. The van der Waals surface area contributed by atoms with Crippen molar-refractivity contribution in [2.24, 2.45) is 0 Å². The molecule has 0 bridgehead atoms. The molecule has 0 fully saturated rings. The zero-order valence-corrected chi connectivity index (χ0v) is 11.0. The molecule has 0 aromatic carbocycles. The summed E-state index contributed by atoms with van der Waals surface area (Å²) < 4.78 is 0. The van der Waals surface area contributed by atoms with Gasteiger partial charge in [-0.1, -0.05) is 12.2 Å². The van der Waals surface area contributed by atoms with Crippen molar-refractivity contribution in [3.8, 4) is 0 Å². The van der Waals surface area contributed by atoms with E-state index >= 15 is 0 Å². The van der Waals surface area contributed by atoms with Gasteiger partial charge in [-0.05, 0) is 57.3 Å². The maximum Gasteiger partial charge on any atom is 0.0175 e. The van der Waals surface area contributed by atoms with Crippen LogP contribution < -0.4 is 0 Å². The monoisotopic (exact) mass is 234 g/mol. The molecule has 96 valence electrons. The molecule has 0 saturated heterocycles. The van der Waals surface area contributed by atoms with Gasteiger partial charge in [0.05, 0.1) is 0 Å². The lowest BCUT2D eigenvalue weighted by atomic mass is 10.1. The van der Waals surface area contributed by atoms with Crippen LogP contribution in [0.2, 0.25) is 0 Å². The lowest BCUT2D eigenvalue weighted by molar-refractivity contribution is 0.322. The fourth-order valence-electron chi connectivity index (χ4n) is 2.60. The van der Waals surface area contributed by atoms with Crippen LogP contribution in [0.4, 0.5) is 0 Å². The molecule has 0 aliphatic carbocycles. The molecule has 0 spiro atoms. The second-order valence-electron chi connectivity index (χ2n) is 5.19. The van der Waals surface area contributed by atoms with Crippen molar-refractivity contribution in [2.45, 2.75) is 44.9 Å². The first kappa shape index (κ1) is 12.5. The Morgan fingerprint density at radius 3 is 1.65 bits per heavy atom. The van der Waals surface area contributed by atoms with Gasteiger partial charge in [0.2, 0.25) is 0 Å². The number of hydrogen-bond acceptors (Lipinski definition) is 2. The summed E-state index contributed by atoms with van der Waals surface area (Å²) in [6.45, 7) is 5.05. The topological polar surface area (TPSA) is 6.48 Å². The second-order valence-corrected chi connectivity index (χ2v) is 5.19. The fourth-order valence-corrected chi connectivity index (χ4v) is 2.60. The molecule has 0 unspecified atom stereocenters. The van der Waals surface area contributed by atoms with E-state index < -0.39 is 0 Å². The number of allylic oxidation sites excluding steroid dienone is 2. The van der Waals surface area contributed by atoms with Crippen LogP contribution in [0.15, 0.2) is 24.6 Å². The molecule has 2 rings (SSSR count). The average Bonchev–Trinajstić information content (AvgIpc) is 2.41. The van der Waals surface area contributed by atoms with Crippen molar-refractivity contribution >= 4 is 0 Å². The van der Waals surface area contributed by atoms with Crippen LogP contribution in [0.25, 0.3) is 0 Å². The molecule has 0 atom stereocenters. The molecule has 0 amide bonds. The van der Waals surface area contributed by atoms with Gasteiger partial charge in [-0.25, -0.2) is 0 Å². The van der Waals surface area contributed by atoms with Crippen LogP contribution in [-0.2, 0) is 0 Å². The molecule has 2 aliphatic rings. The highest BCUT2D eigenvalue weighted by molar-refractivity contribution is 4.88. The molecule has 2 heteroatoms. The maximum absolute atomic E-state index is 2.48. The molecule has 2 aliphatic heterocycles. The van der Waals surface area contributed by atoms with Gasteiger partial charge in [0.1, 0.15) is 0 Å². The minimum Gasteiger partial charge on any atom is -0.378 e. The fraction of sp³-hybridized carbons (Fsp3) is 0.733. The van der Waals surface area contributed by atoms with Crippen molar-refractivity contribution in [1.29, 1.82) is 0 Å². The molecule has 0 aromatic rings. The van der Waals surface area contributed by atoms with E-state index in [1.54, 1.807) is 0 Å².